The molecule has 14 unspecified atom stereocenters. The van der Waals surface area contributed by atoms with E-state index in [1.807, 2.05) is 0 Å². The van der Waals surface area contributed by atoms with Crippen LogP contribution >= 0.6 is 0 Å². The van der Waals surface area contributed by atoms with Gasteiger partial charge in [0.2, 0.25) is 5.95 Å². The van der Waals surface area contributed by atoms with E-state index >= 15 is 0 Å². The molecule has 5 rings (SSSR count). The third kappa shape index (κ3) is 6.32. The van der Waals surface area contributed by atoms with Crippen molar-refractivity contribution in [2.75, 3.05) is 12.3 Å². The number of nitrogens with zero attached hydrogens (tertiary/aromatic N) is 3. The largest absolute Gasteiger partial charge is 0.397 e. The molecule has 0 amide bonds. The average molecular weight is 656 g/mol. The second kappa shape index (κ2) is 12.4. The first-order valence-corrected chi connectivity index (χ1v) is 14.6. The van der Waals surface area contributed by atoms with Crippen LogP contribution in [0, 0.1) is 0 Å². The van der Waals surface area contributed by atoms with Crippen molar-refractivity contribution in [1.29, 1.82) is 0 Å². The van der Waals surface area contributed by atoms with Crippen LogP contribution in [0.1, 0.15) is 20.1 Å². The number of nitrogens with one attached hydrogen (secondary N) is 1. The molecule has 248 valence electrons. The number of imidazole rings is 1. The molecule has 0 bridgehead atoms. The van der Waals surface area contributed by atoms with Gasteiger partial charge >= 0.3 is 10.4 Å². The van der Waals surface area contributed by atoms with Crippen LogP contribution in [0.5, 0.6) is 0 Å². The van der Waals surface area contributed by atoms with Crippen LogP contribution in [0.2, 0.25) is 0 Å². The summed E-state index contributed by atoms with van der Waals surface area (Å²) in [6, 6.07) is 0. The highest BCUT2D eigenvalue weighted by molar-refractivity contribution is 7.80. The molecule has 0 aliphatic carbocycles. The summed E-state index contributed by atoms with van der Waals surface area (Å²) in [5.41, 5.74) is 4.65. The van der Waals surface area contributed by atoms with Crippen LogP contribution in [0.3, 0.4) is 0 Å². The lowest BCUT2D eigenvalue weighted by Crippen LogP contribution is -2.64. The number of hydrogen-bond acceptors (Lipinski definition) is 18. The molecule has 3 aliphatic rings. The minimum atomic E-state index is -4.99. The second-order valence-corrected chi connectivity index (χ2v) is 11.7. The molecule has 10 N–H and O–H groups in total. The first kappa shape index (κ1) is 33.0. The number of aliphatic hydroxyl groups excluding tert-OH is 6. The first-order chi connectivity index (χ1) is 20.6. The van der Waals surface area contributed by atoms with Gasteiger partial charge in [-0.05, 0) is 13.8 Å². The van der Waals surface area contributed by atoms with Gasteiger partial charge in [-0.2, -0.15) is 13.4 Å². The molecule has 5 heterocycles. The molecule has 0 radical (unpaired) electrons. The van der Waals surface area contributed by atoms with E-state index in [0.29, 0.717) is 0 Å². The van der Waals surface area contributed by atoms with E-state index in [9.17, 15) is 43.9 Å². The van der Waals surface area contributed by atoms with E-state index in [1.54, 1.807) is 0 Å². The summed E-state index contributed by atoms with van der Waals surface area (Å²) in [5.74, 6) is -0.281. The SMILES string of the molecule is CC1OC(OC2C(O)C(C)OC(OC3C(COS(=O)(=O)O)OC(n4cnc5c(=O)[nH]c(N)nc54)C3O)C2O)C(O)C(O)C1O. The van der Waals surface area contributed by atoms with Gasteiger partial charge < -0.3 is 60.1 Å². The van der Waals surface area contributed by atoms with Crippen molar-refractivity contribution in [2.24, 2.45) is 0 Å². The zero-order valence-electron chi connectivity index (χ0n) is 23.0. The number of anilines is 1. The Balaban J connectivity index is 1.40. The monoisotopic (exact) mass is 655 g/mol. The van der Waals surface area contributed by atoms with Gasteiger partial charge in [-0.25, -0.2) is 9.17 Å². The van der Waals surface area contributed by atoms with Gasteiger partial charge in [0.1, 0.15) is 54.9 Å². The Morgan fingerprint density at radius 1 is 0.909 bits per heavy atom. The average Bonchev–Trinajstić information content (AvgIpc) is 3.50. The van der Waals surface area contributed by atoms with Crippen molar-refractivity contribution < 1.29 is 71.5 Å². The molecule has 14 atom stereocenters. The standard InChI is InChI=1S/C22H33N5O16S/c1-5-9(28)11(30)12(31)20(39-5)43-16-10(29)6(2)40-21(14(16)33)42-15-7(3-38-44(35,36)37)41-19(13(15)32)27-4-24-8-17(27)25-22(23)26-18(8)34/h4-7,9-16,19-21,28-33H,3H2,1-2H3,(H,35,36,37)(H3,23,25,26,34). The van der Waals surface area contributed by atoms with E-state index in [0.717, 1.165) is 10.9 Å². The fraction of sp³-hybridized carbons (Fsp3) is 0.773. The Morgan fingerprint density at radius 2 is 1.52 bits per heavy atom. The molecular weight excluding hydrogens is 622 g/mol. The lowest BCUT2D eigenvalue weighted by molar-refractivity contribution is -0.360. The van der Waals surface area contributed by atoms with Crippen molar-refractivity contribution in [3.05, 3.63) is 16.7 Å². The third-order valence-corrected chi connectivity index (χ3v) is 8.02. The number of H-pyrrole nitrogens is 1. The lowest BCUT2D eigenvalue weighted by Gasteiger charge is -2.46. The molecule has 21 nitrogen and oxygen atoms in total. The molecule has 22 heteroatoms. The van der Waals surface area contributed by atoms with Gasteiger partial charge in [0.05, 0.1) is 25.1 Å². The highest BCUT2D eigenvalue weighted by Crippen LogP contribution is 2.36. The summed E-state index contributed by atoms with van der Waals surface area (Å²) < 4.78 is 65.5. The molecule has 3 fully saturated rings. The van der Waals surface area contributed by atoms with E-state index < -0.39 is 109 Å². The van der Waals surface area contributed by atoms with Gasteiger partial charge in [-0.3, -0.25) is 18.9 Å². The Morgan fingerprint density at radius 3 is 2.18 bits per heavy atom. The van der Waals surface area contributed by atoms with Gasteiger partial charge in [0, 0.05) is 0 Å². The number of nitrogens with two attached hydrogens (primary N) is 1. The Kier molecular flexibility index (Phi) is 9.29. The molecule has 0 spiro atoms. The van der Waals surface area contributed by atoms with E-state index in [2.05, 4.69) is 19.1 Å². The summed E-state index contributed by atoms with van der Waals surface area (Å²) >= 11 is 0. The van der Waals surface area contributed by atoms with E-state index in [1.165, 1.54) is 13.8 Å². The van der Waals surface area contributed by atoms with Crippen LogP contribution in [0.25, 0.3) is 11.2 Å². The number of aromatic amines is 1. The number of ether oxygens (including phenoxy) is 5. The van der Waals surface area contributed by atoms with Crippen LogP contribution in [-0.2, 0) is 38.3 Å². The van der Waals surface area contributed by atoms with E-state index in [4.69, 9.17) is 34.0 Å². The normalized spacial score (nSPS) is 41.8. The molecule has 44 heavy (non-hydrogen) atoms. The Bertz CT molecular complexity index is 1490. The molecule has 2 aromatic rings. The van der Waals surface area contributed by atoms with Crippen LogP contribution in [0.4, 0.5) is 5.95 Å². The summed E-state index contributed by atoms with van der Waals surface area (Å²) in [7, 11) is -4.99. The predicted octanol–water partition coefficient (Wildman–Crippen LogP) is -5.16. The van der Waals surface area contributed by atoms with Crippen LogP contribution in [-0.4, -0.2) is 149 Å². The van der Waals surface area contributed by atoms with Gasteiger partial charge in [0.25, 0.3) is 5.56 Å². The maximum atomic E-state index is 12.2. The number of aromatic nitrogens is 4. The zero-order chi connectivity index (χ0) is 32.2. The van der Waals surface area contributed by atoms with Crippen molar-refractivity contribution in [3.8, 4) is 0 Å². The molecule has 2 aromatic heterocycles. The Hall–Kier alpha value is -2.42. The molecule has 0 aromatic carbocycles. The van der Waals surface area contributed by atoms with Crippen LogP contribution < -0.4 is 11.3 Å². The molecule has 3 aliphatic heterocycles. The number of aliphatic hydroxyl groups is 6. The quantitative estimate of drug-likeness (QED) is 0.120. The van der Waals surface area contributed by atoms with Crippen molar-refractivity contribution in [2.45, 2.75) is 99.8 Å². The molecule has 0 saturated carbocycles. The topological polar surface area (TPSA) is 321 Å². The third-order valence-electron chi connectivity index (χ3n) is 7.59. The summed E-state index contributed by atoms with van der Waals surface area (Å²) in [6.45, 7) is 1.88. The zero-order valence-corrected chi connectivity index (χ0v) is 23.8. The maximum absolute atomic E-state index is 12.2. The smallest absolute Gasteiger partial charge is 0.388 e. The minimum absolute atomic E-state index is 0.114. The summed E-state index contributed by atoms with van der Waals surface area (Å²) in [5, 5.41) is 63.5. The van der Waals surface area contributed by atoms with Gasteiger partial charge in [0.15, 0.2) is 30.0 Å². The second-order valence-electron chi connectivity index (χ2n) is 10.6. The Labute approximate surface area is 247 Å². The lowest BCUT2D eigenvalue weighted by atomic mass is 9.97. The number of rotatable bonds is 8. The maximum Gasteiger partial charge on any atom is 0.397 e. The fourth-order valence-electron chi connectivity index (χ4n) is 5.24. The van der Waals surface area contributed by atoms with Crippen LogP contribution in [0.15, 0.2) is 11.1 Å². The van der Waals surface area contributed by atoms with Gasteiger partial charge in [-0.15, -0.1) is 0 Å². The van der Waals surface area contributed by atoms with Crippen molar-refractivity contribution in [1.82, 2.24) is 19.5 Å². The predicted molar refractivity (Wildman–Crippen MR) is 138 cm³/mol. The minimum Gasteiger partial charge on any atom is -0.388 e. The first-order valence-electron chi connectivity index (χ1n) is 13.3. The summed E-state index contributed by atoms with van der Waals surface area (Å²) in [6.07, 6.45) is -20.4. The van der Waals surface area contributed by atoms with Crippen molar-refractivity contribution in [3.63, 3.8) is 0 Å². The number of hydrogen-bond donors (Lipinski definition) is 9. The summed E-state index contributed by atoms with van der Waals surface area (Å²) in [4.78, 5) is 22.4. The van der Waals surface area contributed by atoms with Gasteiger partial charge in [-0.1, -0.05) is 0 Å². The van der Waals surface area contributed by atoms with Crippen molar-refractivity contribution >= 4 is 27.5 Å². The highest BCUT2D eigenvalue weighted by Gasteiger charge is 2.53. The van der Waals surface area contributed by atoms with E-state index in [-0.39, 0.29) is 17.1 Å². The number of nitrogen functional groups attached to an aromatic ring is 1. The molecular formula is C22H33N5O16S. The molecule has 3 saturated heterocycles. The fourth-order valence-corrected chi connectivity index (χ4v) is 5.55. The number of fused-ring (bicyclic) bond motifs is 1. The highest BCUT2D eigenvalue weighted by atomic mass is 32.3.